The first-order chi connectivity index (χ1) is 10.2. The van der Waals surface area contributed by atoms with Crippen LogP contribution in [0.3, 0.4) is 0 Å². The van der Waals surface area contributed by atoms with Gasteiger partial charge in [0.1, 0.15) is 6.33 Å². The molecule has 116 valence electrons. The largest absolute Gasteiger partial charge is 0.490 e. The molecule has 0 aliphatic carbocycles. The van der Waals surface area contributed by atoms with Crippen LogP contribution in [0.5, 0.6) is 5.75 Å². The van der Waals surface area contributed by atoms with Gasteiger partial charge in [-0.25, -0.2) is 9.97 Å². The maximum absolute atomic E-state index is 5.54. The second kappa shape index (κ2) is 6.05. The van der Waals surface area contributed by atoms with Gasteiger partial charge >= 0.3 is 0 Å². The fourth-order valence-corrected chi connectivity index (χ4v) is 3.80. The molecule has 6 heteroatoms. The van der Waals surface area contributed by atoms with Crippen molar-refractivity contribution in [3.8, 4) is 5.75 Å². The molecule has 3 heterocycles. The molecule has 0 radical (unpaired) electrons. The second-order valence-corrected chi connectivity index (χ2v) is 6.01. The van der Waals surface area contributed by atoms with Gasteiger partial charge in [0, 0.05) is 26.2 Å². The first-order valence-corrected chi connectivity index (χ1v) is 7.76. The molecule has 2 fully saturated rings. The van der Waals surface area contributed by atoms with E-state index in [0.29, 0.717) is 0 Å². The minimum atomic E-state index is 0.728. The first kappa shape index (κ1) is 14.4. The van der Waals surface area contributed by atoms with Crippen LogP contribution in [0.15, 0.2) is 6.33 Å². The van der Waals surface area contributed by atoms with Crippen LogP contribution in [0.25, 0.3) is 0 Å². The third-order valence-electron chi connectivity index (χ3n) is 4.87. The molecule has 1 aromatic heterocycles. The number of nitrogens with one attached hydrogen (secondary N) is 1. The molecule has 2 aliphatic rings. The van der Waals surface area contributed by atoms with E-state index in [1.54, 1.807) is 13.4 Å². The number of piperidine rings is 2. The molecule has 6 nitrogen and oxygen atoms in total. The summed E-state index contributed by atoms with van der Waals surface area (Å²) in [7, 11) is 5.80. The van der Waals surface area contributed by atoms with Gasteiger partial charge in [-0.05, 0) is 38.8 Å². The lowest BCUT2D eigenvalue weighted by Crippen LogP contribution is -2.53. The Morgan fingerprint density at radius 2 is 2.14 bits per heavy atom. The van der Waals surface area contributed by atoms with Gasteiger partial charge in [-0.15, -0.1) is 0 Å². The average Bonchev–Trinajstić information content (AvgIpc) is 2.53. The van der Waals surface area contributed by atoms with Crippen LogP contribution in [0.4, 0.5) is 11.6 Å². The highest BCUT2D eigenvalue weighted by atomic mass is 16.5. The van der Waals surface area contributed by atoms with Crippen molar-refractivity contribution in [2.75, 3.05) is 51.1 Å². The zero-order valence-electron chi connectivity index (χ0n) is 13.2. The molecular formula is C15H25N5O. The lowest BCUT2D eigenvalue weighted by molar-refractivity contribution is 0.102. The molecule has 2 aliphatic heterocycles. The summed E-state index contributed by atoms with van der Waals surface area (Å²) in [6, 6.07) is 0.728. The van der Waals surface area contributed by atoms with Gasteiger partial charge in [0.25, 0.3) is 0 Å². The van der Waals surface area contributed by atoms with Crippen LogP contribution >= 0.6 is 0 Å². The van der Waals surface area contributed by atoms with E-state index >= 15 is 0 Å². The maximum Gasteiger partial charge on any atom is 0.204 e. The molecule has 21 heavy (non-hydrogen) atoms. The molecule has 2 saturated heterocycles. The molecule has 0 amide bonds. The molecule has 2 unspecified atom stereocenters. The van der Waals surface area contributed by atoms with Crippen LogP contribution in [0.1, 0.15) is 19.3 Å². The van der Waals surface area contributed by atoms with Gasteiger partial charge in [-0.1, -0.05) is 0 Å². The molecular weight excluding hydrogens is 266 g/mol. The summed E-state index contributed by atoms with van der Waals surface area (Å²) in [5.74, 6) is 3.16. The lowest BCUT2D eigenvalue weighted by atomic mass is 9.84. The summed E-state index contributed by atoms with van der Waals surface area (Å²) >= 11 is 0. The van der Waals surface area contributed by atoms with Crippen molar-refractivity contribution < 1.29 is 4.74 Å². The Morgan fingerprint density at radius 3 is 2.90 bits per heavy atom. The van der Waals surface area contributed by atoms with Gasteiger partial charge in [0.15, 0.2) is 11.6 Å². The average molecular weight is 291 g/mol. The summed E-state index contributed by atoms with van der Waals surface area (Å²) < 4.78 is 5.54. The lowest BCUT2D eigenvalue weighted by Gasteiger charge is -2.46. The van der Waals surface area contributed by atoms with Gasteiger partial charge in [-0.2, -0.15) is 0 Å². The standard InChI is InChI=1S/C15H25N5O/c1-16-14-13(21-3)15(18-10-17-14)20-8-6-12-11(9-20)5-4-7-19(12)2/h10-12H,4-9H2,1-3H3,(H,16,17,18). The fraction of sp³-hybridized carbons (Fsp3) is 0.733. The first-order valence-electron chi connectivity index (χ1n) is 7.76. The van der Waals surface area contributed by atoms with Gasteiger partial charge in [0.05, 0.1) is 7.11 Å². The van der Waals surface area contributed by atoms with E-state index in [4.69, 9.17) is 4.74 Å². The summed E-state index contributed by atoms with van der Waals surface area (Å²) in [6.45, 7) is 3.33. The number of ether oxygens (including phenoxy) is 1. The number of methoxy groups -OCH3 is 1. The van der Waals surface area contributed by atoms with E-state index in [1.807, 2.05) is 7.05 Å². The van der Waals surface area contributed by atoms with Gasteiger partial charge in [-0.3, -0.25) is 0 Å². The summed E-state index contributed by atoms with van der Waals surface area (Å²) in [4.78, 5) is 13.6. The number of hydrogen-bond acceptors (Lipinski definition) is 6. The molecule has 1 N–H and O–H groups in total. The van der Waals surface area contributed by atoms with Crippen molar-refractivity contribution in [1.82, 2.24) is 14.9 Å². The normalized spacial score (nSPS) is 26.3. The van der Waals surface area contributed by atoms with Crippen LogP contribution in [-0.2, 0) is 0 Å². The fourth-order valence-electron chi connectivity index (χ4n) is 3.80. The monoisotopic (exact) mass is 291 g/mol. The Kier molecular flexibility index (Phi) is 4.14. The predicted octanol–water partition coefficient (Wildman–Crippen LogP) is 1.45. The molecule has 0 spiro atoms. The highest BCUT2D eigenvalue weighted by molar-refractivity contribution is 5.64. The number of nitrogens with zero attached hydrogens (tertiary/aromatic N) is 4. The Bertz CT molecular complexity index is 495. The smallest absolute Gasteiger partial charge is 0.204 e. The van der Waals surface area contributed by atoms with Crippen LogP contribution in [0, 0.1) is 5.92 Å². The van der Waals surface area contributed by atoms with E-state index in [0.717, 1.165) is 42.4 Å². The SMILES string of the molecule is CNc1ncnc(N2CCC3C(CCCN3C)C2)c1OC. The third-order valence-corrected chi connectivity index (χ3v) is 4.87. The molecule has 2 atom stereocenters. The second-order valence-electron chi connectivity index (χ2n) is 6.01. The molecule has 1 aromatic rings. The summed E-state index contributed by atoms with van der Waals surface area (Å²) in [6.07, 6.45) is 5.43. The number of anilines is 2. The van der Waals surface area contributed by atoms with Crippen molar-refractivity contribution in [3.05, 3.63) is 6.33 Å². The van der Waals surface area contributed by atoms with Crippen molar-refractivity contribution in [2.24, 2.45) is 5.92 Å². The van der Waals surface area contributed by atoms with Crippen molar-refractivity contribution >= 4 is 11.6 Å². The zero-order chi connectivity index (χ0) is 14.8. The summed E-state index contributed by atoms with van der Waals surface area (Å²) in [5, 5.41) is 3.08. The Balaban J connectivity index is 1.82. The van der Waals surface area contributed by atoms with Crippen molar-refractivity contribution in [1.29, 1.82) is 0 Å². The van der Waals surface area contributed by atoms with Gasteiger partial charge < -0.3 is 19.9 Å². The number of fused-ring (bicyclic) bond motifs is 1. The van der Waals surface area contributed by atoms with Crippen molar-refractivity contribution in [3.63, 3.8) is 0 Å². The number of hydrogen-bond donors (Lipinski definition) is 1. The minimum Gasteiger partial charge on any atom is -0.490 e. The molecule has 0 bridgehead atoms. The van der Waals surface area contributed by atoms with E-state index in [-0.39, 0.29) is 0 Å². The van der Waals surface area contributed by atoms with Crippen LogP contribution in [0.2, 0.25) is 0 Å². The Morgan fingerprint density at radius 1 is 1.29 bits per heavy atom. The number of rotatable bonds is 3. The number of aromatic nitrogens is 2. The summed E-state index contributed by atoms with van der Waals surface area (Å²) in [5.41, 5.74) is 0. The van der Waals surface area contributed by atoms with Gasteiger partial charge in [0.2, 0.25) is 5.75 Å². The van der Waals surface area contributed by atoms with E-state index in [9.17, 15) is 0 Å². The molecule has 0 aromatic carbocycles. The molecule has 0 saturated carbocycles. The minimum absolute atomic E-state index is 0.728. The molecule has 3 rings (SSSR count). The predicted molar refractivity (Wildman–Crippen MR) is 84.1 cm³/mol. The third kappa shape index (κ3) is 2.64. The Labute approximate surface area is 126 Å². The quantitative estimate of drug-likeness (QED) is 0.909. The maximum atomic E-state index is 5.54. The van der Waals surface area contributed by atoms with Crippen LogP contribution < -0.4 is 15.0 Å². The highest BCUT2D eigenvalue weighted by Gasteiger charge is 2.35. The van der Waals surface area contributed by atoms with E-state index < -0.39 is 0 Å². The van der Waals surface area contributed by atoms with E-state index in [2.05, 4.69) is 32.1 Å². The number of likely N-dealkylation sites (tertiary alicyclic amines) is 1. The van der Waals surface area contributed by atoms with E-state index in [1.165, 1.54) is 25.8 Å². The van der Waals surface area contributed by atoms with Crippen LogP contribution in [-0.4, -0.2) is 61.7 Å². The Hall–Kier alpha value is -1.56. The van der Waals surface area contributed by atoms with Crippen molar-refractivity contribution in [2.45, 2.75) is 25.3 Å². The highest BCUT2D eigenvalue weighted by Crippen LogP contribution is 2.36. The topological polar surface area (TPSA) is 53.5 Å². The zero-order valence-corrected chi connectivity index (χ0v) is 13.2.